The molecule has 0 spiro atoms. The average Bonchev–Trinajstić information content (AvgIpc) is 2.43. The molecule has 1 aromatic carbocycles. The van der Waals surface area contributed by atoms with Crippen LogP contribution in [0, 0.1) is 0 Å². The van der Waals surface area contributed by atoms with Gasteiger partial charge >= 0.3 is 0 Å². The van der Waals surface area contributed by atoms with Gasteiger partial charge in [0.15, 0.2) is 0 Å². The molecular formula is C16H28N2. The first-order valence-electron chi connectivity index (χ1n) is 7.32. The fourth-order valence-corrected chi connectivity index (χ4v) is 2.24. The lowest BCUT2D eigenvalue weighted by Crippen LogP contribution is -2.36. The van der Waals surface area contributed by atoms with Crippen LogP contribution in [-0.2, 0) is 0 Å². The van der Waals surface area contributed by atoms with Gasteiger partial charge in [-0.3, -0.25) is 0 Å². The number of nitrogens with zero attached hydrogens (tertiary/aromatic N) is 1. The van der Waals surface area contributed by atoms with Gasteiger partial charge in [0.05, 0.1) is 0 Å². The van der Waals surface area contributed by atoms with Crippen molar-refractivity contribution in [2.75, 3.05) is 26.2 Å². The maximum atomic E-state index is 3.67. The van der Waals surface area contributed by atoms with Gasteiger partial charge in [0.2, 0.25) is 0 Å². The largest absolute Gasteiger partial charge is 0.309 e. The van der Waals surface area contributed by atoms with Gasteiger partial charge in [-0.1, -0.05) is 51.1 Å². The number of benzene rings is 1. The normalized spacial score (nSPS) is 12.9. The van der Waals surface area contributed by atoms with E-state index in [1.807, 2.05) is 0 Å². The van der Waals surface area contributed by atoms with Crippen LogP contribution >= 0.6 is 0 Å². The highest BCUT2D eigenvalue weighted by atomic mass is 15.1. The van der Waals surface area contributed by atoms with Gasteiger partial charge in [0, 0.05) is 12.6 Å². The summed E-state index contributed by atoms with van der Waals surface area (Å²) < 4.78 is 0. The predicted molar refractivity (Wildman–Crippen MR) is 79.9 cm³/mol. The third kappa shape index (κ3) is 5.19. The standard InChI is InChI=1S/C16H28N2/c1-4-12-17-16(14-18(6-3)13-5-2)15-10-8-7-9-11-15/h7-11,16-17H,4-6,12-14H2,1-3H3. The van der Waals surface area contributed by atoms with Crippen molar-refractivity contribution in [3.05, 3.63) is 35.9 Å². The molecule has 0 aliphatic heterocycles. The Morgan fingerprint density at radius 2 is 1.78 bits per heavy atom. The average molecular weight is 248 g/mol. The summed E-state index contributed by atoms with van der Waals surface area (Å²) in [5.74, 6) is 0. The number of hydrogen-bond acceptors (Lipinski definition) is 2. The lowest BCUT2D eigenvalue weighted by Gasteiger charge is -2.27. The van der Waals surface area contributed by atoms with E-state index in [0.717, 1.165) is 19.6 Å². The first-order chi connectivity index (χ1) is 8.81. The van der Waals surface area contributed by atoms with Crippen molar-refractivity contribution in [3.63, 3.8) is 0 Å². The highest BCUT2D eigenvalue weighted by Gasteiger charge is 2.13. The lowest BCUT2D eigenvalue weighted by molar-refractivity contribution is 0.254. The Balaban J connectivity index is 2.65. The van der Waals surface area contributed by atoms with Gasteiger partial charge < -0.3 is 10.2 Å². The van der Waals surface area contributed by atoms with Crippen LogP contribution in [0.15, 0.2) is 30.3 Å². The predicted octanol–water partition coefficient (Wildman–Crippen LogP) is 3.46. The summed E-state index contributed by atoms with van der Waals surface area (Å²) in [6, 6.07) is 11.3. The van der Waals surface area contributed by atoms with Crippen molar-refractivity contribution in [1.29, 1.82) is 0 Å². The minimum Gasteiger partial charge on any atom is -0.309 e. The van der Waals surface area contributed by atoms with E-state index >= 15 is 0 Å². The second kappa shape index (κ2) is 9.12. The highest BCUT2D eigenvalue weighted by Crippen LogP contribution is 2.14. The number of nitrogens with one attached hydrogen (secondary N) is 1. The van der Waals surface area contributed by atoms with E-state index in [2.05, 4.69) is 61.3 Å². The van der Waals surface area contributed by atoms with Gasteiger partial charge in [-0.15, -0.1) is 0 Å². The summed E-state index contributed by atoms with van der Waals surface area (Å²) in [5, 5.41) is 3.67. The first kappa shape index (κ1) is 15.2. The molecule has 0 bridgehead atoms. The van der Waals surface area contributed by atoms with Crippen molar-refractivity contribution < 1.29 is 0 Å². The van der Waals surface area contributed by atoms with Crippen LogP contribution in [0.4, 0.5) is 0 Å². The molecule has 0 radical (unpaired) electrons. The third-order valence-corrected chi connectivity index (χ3v) is 3.27. The van der Waals surface area contributed by atoms with E-state index in [0.29, 0.717) is 6.04 Å². The Labute approximate surface area is 112 Å². The maximum absolute atomic E-state index is 3.67. The second-order valence-corrected chi connectivity index (χ2v) is 4.81. The molecule has 0 aromatic heterocycles. The Morgan fingerprint density at radius 3 is 2.33 bits per heavy atom. The van der Waals surface area contributed by atoms with Gasteiger partial charge in [-0.05, 0) is 38.0 Å². The molecule has 102 valence electrons. The molecular weight excluding hydrogens is 220 g/mol. The number of likely N-dealkylation sites (N-methyl/N-ethyl adjacent to an activating group) is 1. The topological polar surface area (TPSA) is 15.3 Å². The molecule has 1 atom stereocenters. The summed E-state index contributed by atoms with van der Waals surface area (Å²) in [6.07, 6.45) is 2.41. The second-order valence-electron chi connectivity index (χ2n) is 4.81. The molecule has 0 fully saturated rings. The number of hydrogen-bond donors (Lipinski definition) is 1. The minimum atomic E-state index is 0.456. The van der Waals surface area contributed by atoms with Crippen LogP contribution in [-0.4, -0.2) is 31.1 Å². The molecule has 1 aromatic rings. The smallest absolute Gasteiger partial charge is 0.0449 e. The molecule has 1 unspecified atom stereocenters. The third-order valence-electron chi connectivity index (χ3n) is 3.27. The molecule has 2 heteroatoms. The van der Waals surface area contributed by atoms with E-state index in [4.69, 9.17) is 0 Å². The van der Waals surface area contributed by atoms with Crippen molar-refractivity contribution in [1.82, 2.24) is 10.2 Å². The van der Waals surface area contributed by atoms with E-state index in [1.165, 1.54) is 24.9 Å². The maximum Gasteiger partial charge on any atom is 0.0449 e. The van der Waals surface area contributed by atoms with Gasteiger partial charge in [0.25, 0.3) is 0 Å². The Kier molecular flexibility index (Phi) is 7.70. The van der Waals surface area contributed by atoms with Crippen LogP contribution in [0.1, 0.15) is 45.2 Å². The molecule has 0 saturated heterocycles. The van der Waals surface area contributed by atoms with Crippen molar-refractivity contribution in [3.8, 4) is 0 Å². The molecule has 1 N–H and O–H groups in total. The monoisotopic (exact) mass is 248 g/mol. The molecule has 0 saturated carbocycles. The zero-order chi connectivity index (χ0) is 13.2. The van der Waals surface area contributed by atoms with Crippen LogP contribution in [0.25, 0.3) is 0 Å². The Morgan fingerprint density at radius 1 is 1.06 bits per heavy atom. The summed E-state index contributed by atoms with van der Waals surface area (Å²) in [4.78, 5) is 2.53. The molecule has 18 heavy (non-hydrogen) atoms. The SMILES string of the molecule is CCCNC(CN(CC)CCC)c1ccccc1. The van der Waals surface area contributed by atoms with Gasteiger partial charge in [-0.2, -0.15) is 0 Å². The van der Waals surface area contributed by atoms with E-state index in [-0.39, 0.29) is 0 Å². The molecule has 1 rings (SSSR count). The lowest BCUT2D eigenvalue weighted by atomic mass is 10.1. The van der Waals surface area contributed by atoms with Crippen LogP contribution in [0.2, 0.25) is 0 Å². The highest BCUT2D eigenvalue weighted by molar-refractivity contribution is 5.19. The van der Waals surface area contributed by atoms with E-state index in [9.17, 15) is 0 Å². The Bertz CT molecular complexity index is 297. The van der Waals surface area contributed by atoms with Crippen LogP contribution in [0.3, 0.4) is 0 Å². The number of rotatable bonds is 9. The fourth-order valence-electron chi connectivity index (χ4n) is 2.24. The van der Waals surface area contributed by atoms with Crippen molar-refractivity contribution in [2.45, 2.75) is 39.7 Å². The van der Waals surface area contributed by atoms with Crippen LogP contribution < -0.4 is 5.32 Å². The Hall–Kier alpha value is -0.860. The zero-order valence-electron chi connectivity index (χ0n) is 12.2. The molecule has 0 aliphatic carbocycles. The quantitative estimate of drug-likeness (QED) is 0.720. The zero-order valence-corrected chi connectivity index (χ0v) is 12.2. The minimum absolute atomic E-state index is 0.456. The van der Waals surface area contributed by atoms with Crippen molar-refractivity contribution in [2.24, 2.45) is 0 Å². The fraction of sp³-hybridized carbons (Fsp3) is 0.625. The first-order valence-corrected chi connectivity index (χ1v) is 7.32. The van der Waals surface area contributed by atoms with E-state index in [1.54, 1.807) is 0 Å². The van der Waals surface area contributed by atoms with Gasteiger partial charge in [-0.25, -0.2) is 0 Å². The van der Waals surface area contributed by atoms with Crippen molar-refractivity contribution >= 4 is 0 Å². The summed E-state index contributed by atoms with van der Waals surface area (Å²) in [7, 11) is 0. The summed E-state index contributed by atoms with van der Waals surface area (Å²) in [6.45, 7) is 11.2. The molecule has 2 nitrogen and oxygen atoms in total. The van der Waals surface area contributed by atoms with E-state index < -0.39 is 0 Å². The molecule has 0 aliphatic rings. The summed E-state index contributed by atoms with van der Waals surface area (Å²) >= 11 is 0. The molecule has 0 heterocycles. The van der Waals surface area contributed by atoms with Gasteiger partial charge in [0.1, 0.15) is 0 Å². The summed E-state index contributed by atoms with van der Waals surface area (Å²) in [5.41, 5.74) is 1.40. The molecule has 0 amide bonds. The van der Waals surface area contributed by atoms with Crippen LogP contribution in [0.5, 0.6) is 0 Å².